The third-order valence-corrected chi connectivity index (χ3v) is 5.37. The largest absolute Gasteiger partial charge is 0.496 e. The van der Waals surface area contributed by atoms with Gasteiger partial charge >= 0.3 is 0 Å². The van der Waals surface area contributed by atoms with Crippen LogP contribution in [-0.2, 0) is 11.3 Å². The number of methoxy groups -OCH3 is 1. The molecule has 0 radical (unpaired) electrons. The van der Waals surface area contributed by atoms with Gasteiger partial charge < -0.3 is 15.5 Å². The highest BCUT2D eigenvalue weighted by Crippen LogP contribution is 2.30. The third kappa shape index (κ3) is 4.68. The SMILES string of the molecule is COc1ccccc1-c1nnc(SC(C)C(=O)N(C)Cc2cccc(F)c2)n1N. The average molecular weight is 415 g/mol. The van der Waals surface area contributed by atoms with Crippen molar-refractivity contribution in [2.45, 2.75) is 23.9 Å². The lowest BCUT2D eigenvalue weighted by Gasteiger charge is -2.21. The summed E-state index contributed by atoms with van der Waals surface area (Å²) in [5, 5.41) is 8.22. The number of amides is 1. The molecule has 1 unspecified atom stereocenters. The summed E-state index contributed by atoms with van der Waals surface area (Å²) >= 11 is 1.21. The van der Waals surface area contributed by atoms with E-state index in [2.05, 4.69) is 10.2 Å². The fraction of sp³-hybridized carbons (Fsp3) is 0.250. The number of halogens is 1. The van der Waals surface area contributed by atoms with E-state index in [0.29, 0.717) is 28.8 Å². The van der Waals surface area contributed by atoms with Gasteiger partial charge in [-0.3, -0.25) is 4.79 Å². The van der Waals surface area contributed by atoms with Gasteiger partial charge in [-0.1, -0.05) is 36.0 Å². The summed E-state index contributed by atoms with van der Waals surface area (Å²) in [7, 11) is 3.25. The Balaban J connectivity index is 1.71. The van der Waals surface area contributed by atoms with Gasteiger partial charge in [0.15, 0.2) is 5.82 Å². The second-order valence-electron chi connectivity index (χ2n) is 6.46. The first-order chi connectivity index (χ1) is 13.9. The standard InChI is InChI=1S/C20H22FN5O2S/c1-13(19(27)25(2)12-14-7-6-8-15(21)11-14)29-20-24-23-18(26(20)22)16-9-4-5-10-17(16)28-3/h4-11,13H,12,22H2,1-3H3. The van der Waals surface area contributed by atoms with Crippen LogP contribution in [0, 0.1) is 5.82 Å². The zero-order chi connectivity index (χ0) is 21.0. The van der Waals surface area contributed by atoms with E-state index in [0.717, 1.165) is 5.56 Å². The molecule has 0 aliphatic carbocycles. The van der Waals surface area contributed by atoms with E-state index in [-0.39, 0.29) is 11.7 Å². The van der Waals surface area contributed by atoms with Crippen LogP contribution in [0.3, 0.4) is 0 Å². The van der Waals surface area contributed by atoms with Crippen LogP contribution < -0.4 is 10.6 Å². The molecule has 0 saturated heterocycles. The molecule has 1 atom stereocenters. The summed E-state index contributed by atoms with van der Waals surface area (Å²) in [5.74, 6) is 6.79. The molecule has 9 heteroatoms. The van der Waals surface area contributed by atoms with Crippen LogP contribution in [0.4, 0.5) is 4.39 Å². The summed E-state index contributed by atoms with van der Waals surface area (Å²) in [6, 6.07) is 13.5. The molecule has 152 valence electrons. The van der Waals surface area contributed by atoms with Gasteiger partial charge in [-0.05, 0) is 36.8 Å². The molecule has 0 bridgehead atoms. The number of carbonyl (C=O) groups excluding carboxylic acids is 1. The smallest absolute Gasteiger partial charge is 0.235 e. The Morgan fingerprint density at radius 1 is 1.28 bits per heavy atom. The maximum Gasteiger partial charge on any atom is 0.235 e. The van der Waals surface area contributed by atoms with Gasteiger partial charge in [0.2, 0.25) is 11.1 Å². The monoisotopic (exact) mass is 415 g/mol. The predicted octanol–water partition coefficient (Wildman–Crippen LogP) is 2.95. The lowest BCUT2D eigenvalue weighted by atomic mass is 10.2. The third-order valence-electron chi connectivity index (χ3n) is 4.33. The van der Waals surface area contributed by atoms with E-state index in [9.17, 15) is 9.18 Å². The molecule has 29 heavy (non-hydrogen) atoms. The normalized spacial score (nSPS) is 11.9. The van der Waals surface area contributed by atoms with Crippen molar-refractivity contribution in [1.29, 1.82) is 0 Å². The van der Waals surface area contributed by atoms with Crippen molar-refractivity contribution >= 4 is 17.7 Å². The van der Waals surface area contributed by atoms with E-state index >= 15 is 0 Å². The molecule has 2 aromatic carbocycles. The quantitative estimate of drug-likeness (QED) is 0.472. The van der Waals surface area contributed by atoms with Gasteiger partial charge in [0.05, 0.1) is 17.9 Å². The van der Waals surface area contributed by atoms with E-state index < -0.39 is 5.25 Å². The number of para-hydroxylation sites is 1. The van der Waals surface area contributed by atoms with Gasteiger partial charge in [-0.2, -0.15) is 0 Å². The van der Waals surface area contributed by atoms with Gasteiger partial charge in [0.1, 0.15) is 11.6 Å². The summed E-state index contributed by atoms with van der Waals surface area (Å²) in [5.41, 5.74) is 1.43. The molecule has 7 nitrogen and oxygen atoms in total. The molecule has 0 spiro atoms. The number of nitrogens with zero attached hydrogens (tertiary/aromatic N) is 4. The number of hydrogen-bond acceptors (Lipinski definition) is 6. The van der Waals surface area contributed by atoms with Crippen molar-refractivity contribution < 1.29 is 13.9 Å². The molecule has 0 aliphatic heterocycles. The molecular formula is C20H22FN5O2S. The number of nitrogens with two attached hydrogens (primary N) is 1. The minimum atomic E-state index is -0.453. The number of nitrogen functional groups attached to an aromatic ring is 1. The number of hydrogen-bond donors (Lipinski definition) is 1. The zero-order valence-corrected chi connectivity index (χ0v) is 17.2. The molecule has 0 aliphatic rings. The number of ether oxygens (including phenoxy) is 1. The second-order valence-corrected chi connectivity index (χ2v) is 7.77. The fourth-order valence-electron chi connectivity index (χ4n) is 2.88. The fourth-order valence-corrected chi connectivity index (χ4v) is 3.76. The zero-order valence-electron chi connectivity index (χ0n) is 16.4. The van der Waals surface area contributed by atoms with Crippen LogP contribution in [0.25, 0.3) is 11.4 Å². The number of thioether (sulfide) groups is 1. The second kappa shape index (κ2) is 8.95. The Bertz CT molecular complexity index is 1010. The molecule has 3 aromatic rings. The predicted molar refractivity (Wildman–Crippen MR) is 110 cm³/mol. The summed E-state index contributed by atoms with van der Waals surface area (Å²) in [6.45, 7) is 2.08. The minimum Gasteiger partial charge on any atom is -0.496 e. The summed E-state index contributed by atoms with van der Waals surface area (Å²) in [6.07, 6.45) is 0. The molecular weight excluding hydrogens is 393 g/mol. The van der Waals surface area contributed by atoms with Crippen LogP contribution in [0.15, 0.2) is 53.7 Å². The highest BCUT2D eigenvalue weighted by Gasteiger charge is 2.23. The van der Waals surface area contributed by atoms with Crippen molar-refractivity contribution in [3.05, 3.63) is 59.9 Å². The lowest BCUT2D eigenvalue weighted by molar-refractivity contribution is -0.129. The van der Waals surface area contributed by atoms with Crippen molar-refractivity contribution in [3.8, 4) is 17.1 Å². The van der Waals surface area contributed by atoms with E-state index in [1.54, 1.807) is 38.1 Å². The van der Waals surface area contributed by atoms with Gasteiger partial charge in [-0.25, -0.2) is 9.07 Å². The Morgan fingerprint density at radius 2 is 2.03 bits per heavy atom. The maximum atomic E-state index is 13.4. The number of rotatable bonds is 7. The van der Waals surface area contributed by atoms with Crippen molar-refractivity contribution in [1.82, 2.24) is 19.8 Å². The molecule has 1 amide bonds. The maximum absolute atomic E-state index is 13.4. The summed E-state index contributed by atoms with van der Waals surface area (Å²) < 4.78 is 20.1. The van der Waals surface area contributed by atoms with Crippen LogP contribution >= 0.6 is 11.8 Å². The van der Waals surface area contributed by atoms with Crippen LogP contribution in [0.5, 0.6) is 5.75 Å². The van der Waals surface area contributed by atoms with Crippen LogP contribution in [0.2, 0.25) is 0 Å². The van der Waals surface area contributed by atoms with Crippen molar-refractivity contribution in [2.75, 3.05) is 20.0 Å². The van der Waals surface area contributed by atoms with Crippen LogP contribution in [0.1, 0.15) is 12.5 Å². The number of aromatic nitrogens is 3. The molecule has 3 rings (SSSR count). The summed E-state index contributed by atoms with van der Waals surface area (Å²) in [4.78, 5) is 14.3. The van der Waals surface area contributed by atoms with E-state index in [1.165, 1.54) is 28.6 Å². The Morgan fingerprint density at radius 3 is 2.76 bits per heavy atom. The van der Waals surface area contributed by atoms with Gasteiger partial charge in [0.25, 0.3) is 0 Å². The molecule has 1 aromatic heterocycles. The molecule has 2 N–H and O–H groups in total. The first kappa shape index (κ1) is 20.7. The first-order valence-electron chi connectivity index (χ1n) is 8.90. The topological polar surface area (TPSA) is 86.3 Å². The highest BCUT2D eigenvalue weighted by molar-refractivity contribution is 8.00. The Labute approximate surface area is 172 Å². The number of benzene rings is 2. The molecule has 1 heterocycles. The Hall–Kier alpha value is -3.07. The highest BCUT2D eigenvalue weighted by atomic mass is 32.2. The Kier molecular flexibility index (Phi) is 6.38. The van der Waals surface area contributed by atoms with E-state index in [1.807, 2.05) is 24.3 Å². The van der Waals surface area contributed by atoms with Crippen LogP contribution in [-0.4, -0.2) is 45.1 Å². The molecule has 0 saturated carbocycles. The van der Waals surface area contributed by atoms with Crippen molar-refractivity contribution in [3.63, 3.8) is 0 Å². The number of carbonyl (C=O) groups is 1. The van der Waals surface area contributed by atoms with Gasteiger partial charge in [-0.15, -0.1) is 10.2 Å². The lowest BCUT2D eigenvalue weighted by Crippen LogP contribution is -2.33. The van der Waals surface area contributed by atoms with Crippen molar-refractivity contribution in [2.24, 2.45) is 0 Å². The minimum absolute atomic E-state index is 0.124. The average Bonchev–Trinajstić information content (AvgIpc) is 3.07. The van der Waals surface area contributed by atoms with Gasteiger partial charge in [0, 0.05) is 13.6 Å². The molecule has 0 fully saturated rings. The van der Waals surface area contributed by atoms with E-state index in [4.69, 9.17) is 10.6 Å². The first-order valence-corrected chi connectivity index (χ1v) is 9.78.